The molecule has 0 spiro atoms. The molecule has 1 atom stereocenters. The van der Waals surface area contributed by atoms with E-state index in [2.05, 4.69) is 38.4 Å². The second-order valence-electron chi connectivity index (χ2n) is 5.61. The van der Waals surface area contributed by atoms with Crippen molar-refractivity contribution in [3.05, 3.63) is 44.7 Å². The molecule has 0 fully saturated rings. The van der Waals surface area contributed by atoms with Gasteiger partial charge in [-0.3, -0.25) is 0 Å². The number of hydrogen-bond donors (Lipinski definition) is 0. The average Bonchev–Trinajstić information content (AvgIpc) is 2.84. The maximum absolute atomic E-state index is 5.99. The number of halogens is 2. The van der Waals surface area contributed by atoms with Crippen LogP contribution in [0.2, 0.25) is 5.02 Å². The van der Waals surface area contributed by atoms with E-state index in [1.54, 1.807) is 0 Å². The molecule has 0 bridgehead atoms. The molecule has 116 valence electrons. The Morgan fingerprint density at radius 3 is 2.43 bits per heavy atom. The van der Waals surface area contributed by atoms with E-state index < -0.39 is 0 Å². The first-order valence-corrected chi connectivity index (χ1v) is 10.2. The fourth-order valence-electron chi connectivity index (χ4n) is 2.26. The number of nitrogens with zero attached hydrogens (tertiary/aromatic N) is 2. The molecule has 1 heterocycles. The van der Waals surface area contributed by atoms with Gasteiger partial charge in [0.2, 0.25) is 0 Å². The summed E-state index contributed by atoms with van der Waals surface area (Å²) in [5.74, 6) is 0.465. The van der Waals surface area contributed by atoms with Gasteiger partial charge in [-0.05, 0) is 0 Å². The van der Waals surface area contributed by atoms with Crippen molar-refractivity contribution in [3.8, 4) is 5.69 Å². The molecule has 0 aliphatic carbocycles. The molecule has 1 aromatic carbocycles. The molecule has 0 amide bonds. The van der Waals surface area contributed by atoms with E-state index in [1.165, 1.54) is 22.2 Å². The topological polar surface area (TPSA) is 17.8 Å². The number of alkyl halides is 1. The fraction of sp³-hybridized carbons (Fsp3) is 0.471. The number of rotatable bonds is 6. The zero-order valence-electron chi connectivity index (χ0n) is 13.1. The molecule has 0 saturated carbocycles. The first-order valence-electron chi connectivity index (χ1n) is 7.50. The monoisotopic (exact) mass is 417 g/mol. The molecular formula is C17H23ClIN2-. The molecule has 0 aliphatic rings. The van der Waals surface area contributed by atoms with Gasteiger partial charge in [0.05, 0.1) is 0 Å². The van der Waals surface area contributed by atoms with Crippen LogP contribution in [-0.4, -0.2) is 13.7 Å². The van der Waals surface area contributed by atoms with Gasteiger partial charge in [0.15, 0.2) is 0 Å². The Balaban J connectivity index is 2.31. The van der Waals surface area contributed by atoms with Crippen LogP contribution < -0.4 is 21.2 Å². The van der Waals surface area contributed by atoms with Crippen LogP contribution in [0.5, 0.6) is 0 Å². The zero-order chi connectivity index (χ0) is 15.4. The van der Waals surface area contributed by atoms with Crippen molar-refractivity contribution >= 4 is 11.6 Å². The van der Waals surface area contributed by atoms with E-state index in [-0.39, 0.29) is 21.2 Å². The quantitative estimate of drug-likeness (QED) is 0.520. The van der Waals surface area contributed by atoms with Crippen molar-refractivity contribution in [2.45, 2.75) is 50.4 Å². The van der Waals surface area contributed by atoms with Crippen molar-refractivity contribution in [1.29, 1.82) is 0 Å². The van der Waals surface area contributed by atoms with Crippen molar-refractivity contribution in [3.63, 3.8) is 0 Å². The Morgan fingerprint density at radius 1 is 1.19 bits per heavy atom. The van der Waals surface area contributed by atoms with Gasteiger partial charge in [-0.15, -0.1) is 0 Å². The molecule has 0 radical (unpaired) electrons. The summed E-state index contributed by atoms with van der Waals surface area (Å²) in [5, 5.41) is 5.64. The summed E-state index contributed by atoms with van der Waals surface area (Å²) in [6.07, 6.45) is 2.56. The molecule has 0 saturated heterocycles. The van der Waals surface area contributed by atoms with E-state index in [0.29, 0.717) is 5.92 Å². The minimum atomic E-state index is -0.0203. The Labute approximate surface area is 143 Å². The Hall–Kier alpha value is -0.550. The van der Waals surface area contributed by atoms with Gasteiger partial charge in [-0.25, -0.2) is 0 Å². The van der Waals surface area contributed by atoms with Crippen molar-refractivity contribution < 1.29 is 21.2 Å². The number of benzene rings is 1. The average molecular weight is 418 g/mol. The summed E-state index contributed by atoms with van der Waals surface area (Å²) in [5.41, 5.74) is 2.39. The molecular weight excluding hydrogens is 395 g/mol. The van der Waals surface area contributed by atoms with Gasteiger partial charge in [0.1, 0.15) is 0 Å². The van der Waals surface area contributed by atoms with Crippen LogP contribution in [0.25, 0.3) is 5.69 Å². The van der Waals surface area contributed by atoms with Gasteiger partial charge in [0, 0.05) is 0 Å². The van der Waals surface area contributed by atoms with Crippen LogP contribution >= 0.6 is 11.6 Å². The Morgan fingerprint density at radius 2 is 1.86 bits per heavy atom. The molecule has 2 rings (SSSR count). The minimum absolute atomic E-state index is 0.0203. The van der Waals surface area contributed by atoms with Gasteiger partial charge in [-0.2, -0.15) is 0 Å². The van der Waals surface area contributed by atoms with E-state index in [4.69, 9.17) is 16.7 Å². The van der Waals surface area contributed by atoms with Crippen LogP contribution in [0.4, 0.5) is 0 Å². The van der Waals surface area contributed by atoms with Gasteiger partial charge in [-0.1, -0.05) is 0 Å². The third-order valence-electron chi connectivity index (χ3n) is 3.35. The van der Waals surface area contributed by atoms with E-state index in [9.17, 15) is 0 Å². The molecule has 0 aliphatic heterocycles. The summed E-state index contributed by atoms with van der Waals surface area (Å²) in [6.45, 7) is 9.06. The molecule has 1 unspecified atom stereocenters. The second-order valence-corrected chi connectivity index (χ2v) is 9.90. The van der Waals surface area contributed by atoms with E-state index in [0.717, 1.165) is 14.6 Å². The molecule has 1 aromatic heterocycles. The van der Waals surface area contributed by atoms with Crippen LogP contribution in [0.15, 0.2) is 30.3 Å². The van der Waals surface area contributed by atoms with Crippen LogP contribution in [0.3, 0.4) is 0 Å². The predicted molar refractivity (Wildman–Crippen MR) is 85.7 cm³/mol. The summed E-state index contributed by atoms with van der Waals surface area (Å²) in [4.78, 5) is 0. The maximum atomic E-state index is 5.99. The predicted octanol–water partition coefficient (Wildman–Crippen LogP) is 2.10. The summed E-state index contributed by atoms with van der Waals surface area (Å²) < 4.78 is 4.19. The first-order chi connectivity index (χ1) is 10.0. The van der Waals surface area contributed by atoms with Crippen molar-refractivity contribution in [2.24, 2.45) is 0 Å². The summed E-state index contributed by atoms with van der Waals surface area (Å²) >= 11 is 5.97. The first kappa shape index (κ1) is 16.8. The van der Waals surface area contributed by atoms with Gasteiger partial charge in [0.25, 0.3) is 0 Å². The van der Waals surface area contributed by atoms with Crippen molar-refractivity contribution in [2.75, 3.05) is 0 Å². The second kappa shape index (κ2) is 7.63. The standard InChI is InChI=1S/C17H23ClIN2/c1-5-6-13(4)19-17-11-16(12(2)3)21(20-17)15-9-7-14(18)8-10-15/h7-13H,5-6H2,1-4H3/q-1. The van der Waals surface area contributed by atoms with E-state index >= 15 is 0 Å². The normalized spacial score (nSPS) is 13.0. The number of aromatic nitrogens is 2. The summed E-state index contributed by atoms with van der Waals surface area (Å²) in [7, 11) is 0. The third-order valence-corrected chi connectivity index (χ3v) is 6.46. The molecule has 4 heteroatoms. The van der Waals surface area contributed by atoms with Crippen molar-refractivity contribution in [1.82, 2.24) is 9.78 Å². The van der Waals surface area contributed by atoms with Gasteiger partial charge < -0.3 is 0 Å². The third kappa shape index (κ3) is 4.46. The SMILES string of the molecule is CCCC(C)[I-]c1cc(C(C)C)n(-c2ccc(Cl)cc2)n1. The Bertz CT molecular complexity index is 575. The molecule has 0 N–H and O–H groups in total. The van der Waals surface area contributed by atoms with Gasteiger partial charge >= 0.3 is 143 Å². The molecule has 2 aromatic rings. The van der Waals surface area contributed by atoms with Crippen LogP contribution in [0.1, 0.15) is 52.1 Å². The molecule has 21 heavy (non-hydrogen) atoms. The Kier molecular flexibility index (Phi) is 6.11. The zero-order valence-corrected chi connectivity index (χ0v) is 16.0. The summed E-state index contributed by atoms with van der Waals surface area (Å²) in [6, 6.07) is 10.2. The van der Waals surface area contributed by atoms with Crippen LogP contribution in [0, 0.1) is 3.70 Å². The van der Waals surface area contributed by atoms with Crippen LogP contribution in [-0.2, 0) is 0 Å². The fourth-order valence-corrected chi connectivity index (χ4v) is 5.25. The molecule has 2 nitrogen and oxygen atoms in total. The van der Waals surface area contributed by atoms with E-state index in [1.807, 2.05) is 24.3 Å². The number of hydrogen-bond acceptors (Lipinski definition) is 1.